The van der Waals surface area contributed by atoms with Gasteiger partial charge in [-0.1, -0.05) is 80.4 Å². The quantitative estimate of drug-likeness (QED) is 0.226. The molecule has 0 fully saturated rings. The van der Waals surface area contributed by atoms with Crippen molar-refractivity contribution in [3.63, 3.8) is 0 Å². The monoisotopic (exact) mass is 450 g/mol. The molecular formula is C20H20Br2O2. The van der Waals surface area contributed by atoms with Crippen LogP contribution in [0.5, 0.6) is 11.5 Å². The van der Waals surface area contributed by atoms with Gasteiger partial charge in [0.25, 0.3) is 0 Å². The molecule has 0 atom stereocenters. The van der Waals surface area contributed by atoms with E-state index in [-0.39, 0.29) is 0 Å². The van der Waals surface area contributed by atoms with Crippen LogP contribution in [-0.2, 0) is 0 Å². The molecule has 0 bridgehead atoms. The fraction of sp³-hybridized carbons (Fsp3) is 0.300. The SMILES string of the molecule is BrCCCOc1c2ccccc2c(OCCCBr)c2ccccc12. The van der Waals surface area contributed by atoms with Gasteiger partial charge in [0.2, 0.25) is 0 Å². The standard InChI is InChI=1S/C20H20Br2O2/c21-11-5-13-23-19-15-7-1-2-8-16(15)20(24-14-6-12-22)18-10-4-3-9-17(18)19/h1-4,7-10H,5-6,11-14H2. The van der Waals surface area contributed by atoms with Crippen LogP contribution >= 0.6 is 31.9 Å². The van der Waals surface area contributed by atoms with E-state index in [0.717, 1.165) is 56.5 Å². The maximum atomic E-state index is 6.16. The molecule has 126 valence electrons. The molecule has 0 aliphatic heterocycles. The molecule has 0 aliphatic carbocycles. The first-order valence-electron chi connectivity index (χ1n) is 8.17. The molecule has 0 saturated carbocycles. The van der Waals surface area contributed by atoms with Gasteiger partial charge in [0, 0.05) is 32.2 Å². The molecule has 0 spiro atoms. The average molecular weight is 452 g/mol. The Morgan fingerprint density at radius 2 is 0.917 bits per heavy atom. The molecule has 0 saturated heterocycles. The fourth-order valence-electron chi connectivity index (χ4n) is 2.82. The second-order valence-corrected chi connectivity index (χ2v) is 7.12. The zero-order valence-electron chi connectivity index (χ0n) is 13.4. The number of benzene rings is 3. The highest BCUT2D eigenvalue weighted by Gasteiger charge is 2.15. The van der Waals surface area contributed by atoms with E-state index in [1.807, 2.05) is 0 Å². The van der Waals surface area contributed by atoms with Crippen LogP contribution in [0.1, 0.15) is 12.8 Å². The number of fused-ring (bicyclic) bond motifs is 2. The lowest BCUT2D eigenvalue weighted by Crippen LogP contribution is -2.02. The average Bonchev–Trinajstić information content (AvgIpc) is 2.63. The molecule has 2 nitrogen and oxygen atoms in total. The molecule has 0 unspecified atom stereocenters. The molecule has 0 aromatic heterocycles. The van der Waals surface area contributed by atoms with Crippen molar-refractivity contribution in [2.24, 2.45) is 0 Å². The van der Waals surface area contributed by atoms with Crippen molar-refractivity contribution in [1.29, 1.82) is 0 Å². The smallest absolute Gasteiger partial charge is 0.135 e. The van der Waals surface area contributed by atoms with E-state index >= 15 is 0 Å². The van der Waals surface area contributed by atoms with Gasteiger partial charge < -0.3 is 9.47 Å². The van der Waals surface area contributed by atoms with Gasteiger partial charge >= 0.3 is 0 Å². The number of alkyl halides is 2. The molecule has 3 aromatic carbocycles. The topological polar surface area (TPSA) is 18.5 Å². The number of hydrogen-bond acceptors (Lipinski definition) is 2. The van der Waals surface area contributed by atoms with Crippen molar-refractivity contribution in [3.8, 4) is 11.5 Å². The molecule has 3 aromatic rings. The minimum atomic E-state index is 0.697. The Kier molecular flexibility index (Phi) is 6.38. The van der Waals surface area contributed by atoms with Gasteiger partial charge in [-0.2, -0.15) is 0 Å². The van der Waals surface area contributed by atoms with Crippen LogP contribution in [0.25, 0.3) is 21.5 Å². The number of hydrogen-bond donors (Lipinski definition) is 0. The van der Waals surface area contributed by atoms with Crippen molar-refractivity contribution in [1.82, 2.24) is 0 Å². The highest BCUT2D eigenvalue weighted by atomic mass is 79.9. The van der Waals surface area contributed by atoms with Gasteiger partial charge in [0.05, 0.1) is 13.2 Å². The predicted octanol–water partition coefficient (Wildman–Crippen LogP) is 6.32. The fourth-order valence-corrected chi connectivity index (χ4v) is 3.27. The first kappa shape index (κ1) is 17.6. The second-order valence-electron chi connectivity index (χ2n) is 5.53. The summed E-state index contributed by atoms with van der Waals surface area (Å²) < 4.78 is 12.3. The molecule has 4 heteroatoms. The zero-order valence-corrected chi connectivity index (χ0v) is 16.6. The Hall–Kier alpha value is -1.26. The Labute approximate surface area is 159 Å². The predicted molar refractivity (Wildman–Crippen MR) is 109 cm³/mol. The molecule has 0 N–H and O–H groups in total. The Bertz CT molecular complexity index is 692. The van der Waals surface area contributed by atoms with Crippen LogP contribution in [0.2, 0.25) is 0 Å². The van der Waals surface area contributed by atoms with Gasteiger partial charge in [0.15, 0.2) is 0 Å². The van der Waals surface area contributed by atoms with Crippen LogP contribution in [0.4, 0.5) is 0 Å². The summed E-state index contributed by atoms with van der Waals surface area (Å²) in [4.78, 5) is 0. The third-order valence-electron chi connectivity index (χ3n) is 3.88. The van der Waals surface area contributed by atoms with Crippen molar-refractivity contribution in [2.45, 2.75) is 12.8 Å². The van der Waals surface area contributed by atoms with Gasteiger partial charge in [-0.15, -0.1) is 0 Å². The number of rotatable bonds is 8. The molecule has 0 aliphatic rings. The minimum absolute atomic E-state index is 0.697. The summed E-state index contributed by atoms with van der Waals surface area (Å²) in [5.41, 5.74) is 0. The Morgan fingerprint density at radius 1 is 0.583 bits per heavy atom. The van der Waals surface area contributed by atoms with Crippen LogP contribution in [-0.4, -0.2) is 23.9 Å². The third-order valence-corrected chi connectivity index (χ3v) is 5.00. The van der Waals surface area contributed by atoms with Crippen LogP contribution in [0, 0.1) is 0 Å². The van der Waals surface area contributed by atoms with Crippen molar-refractivity contribution in [2.75, 3.05) is 23.9 Å². The summed E-state index contributed by atoms with van der Waals surface area (Å²) >= 11 is 6.93. The van der Waals surface area contributed by atoms with Gasteiger partial charge in [-0.3, -0.25) is 0 Å². The van der Waals surface area contributed by atoms with E-state index in [4.69, 9.17) is 9.47 Å². The van der Waals surface area contributed by atoms with Crippen molar-refractivity contribution in [3.05, 3.63) is 48.5 Å². The third kappa shape index (κ3) is 3.70. The number of halogens is 2. The Morgan fingerprint density at radius 3 is 1.21 bits per heavy atom. The molecule has 0 radical (unpaired) electrons. The van der Waals surface area contributed by atoms with Crippen LogP contribution < -0.4 is 9.47 Å². The maximum absolute atomic E-state index is 6.16. The van der Waals surface area contributed by atoms with Crippen molar-refractivity contribution < 1.29 is 9.47 Å². The first-order valence-corrected chi connectivity index (χ1v) is 10.4. The highest BCUT2D eigenvalue weighted by Crippen LogP contribution is 2.42. The Balaban J connectivity index is 2.17. The summed E-state index contributed by atoms with van der Waals surface area (Å²) in [6.45, 7) is 1.39. The van der Waals surface area contributed by atoms with Gasteiger partial charge in [0.1, 0.15) is 11.5 Å². The van der Waals surface area contributed by atoms with Gasteiger partial charge in [-0.05, 0) is 12.8 Å². The van der Waals surface area contributed by atoms with E-state index < -0.39 is 0 Å². The second kappa shape index (κ2) is 8.72. The zero-order chi connectivity index (χ0) is 16.8. The highest BCUT2D eigenvalue weighted by molar-refractivity contribution is 9.09. The van der Waals surface area contributed by atoms with E-state index in [1.165, 1.54) is 0 Å². The van der Waals surface area contributed by atoms with E-state index in [0.29, 0.717) is 13.2 Å². The molecule has 3 rings (SSSR count). The lowest BCUT2D eigenvalue weighted by molar-refractivity contribution is 0.321. The summed E-state index contributed by atoms with van der Waals surface area (Å²) in [5, 5.41) is 6.33. The largest absolute Gasteiger partial charge is 0.492 e. The first-order chi connectivity index (χ1) is 11.9. The van der Waals surface area contributed by atoms with E-state index in [1.54, 1.807) is 0 Å². The molecular weight excluding hydrogens is 432 g/mol. The lowest BCUT2D eigenvalue weighted by Gasteiger charge is -2.17. The lowest BCUT2D eigenvalue weighted by atomic mass is 10.0. The minimum Gasteiger partial charge on any atom is -0.492 e. The van der Waals surface area contributed by atoms with Crippen LogP contribution in [0.15, 0.2) is 48.5 Å². The van der Waals surface area contributed by atoms with Crippen LogP contribution in [0.3, 0.4) is 0 Å². The molecule has 0 amide bonds. The maximum Gasteiger partial charge on any atom is 0.135 e. The summed E-state index contributed by atoms with van der Waals surface area (Å²) in [6.07, 6.45) is 1.96. The normalized spacial score (nSPS) is 11.1. The summed E-state index contributed by atoms with van der Waals surface area (Å²) in [7, 11) is 0. The van der Waals surface area contributed by atoms with E-state index in [9.17, 15) is 0 Å². The summed E-state index contributed by atoms with van der Waals surface area (Å²) in [6, 6.07) is 16.7. The van der Waals surface area contributed by atoms with Gasteiger partial charge in [-0.25, -0.2) is 0 Å². The summed E-state index contributed by atoms with van der Waals surface area (Å²) in [5.74, 6) is 1.91. The number of ether oxygens (including phenoxy) is 2. The van der Waals surface area contributed by atoms with Crippen molar-refractivity contribution >= 4 is 53.4 Å². The molecule has 24 heavy (non-hydrogen) atoms. The molecule has 0 heterocycles. The van der Waals surface area contributed by atoms with E-state index in [2.05, 4.69) is 80.4 Å².